The Hall–Kier alpha value is -2.42. The molecule has 2 aliphatic heterocycles. The highest BCUT2D eigenvalue weighted by molar-refractivity contribution is 7.91. The molecule has 0 aliphatic carbocycles. The summed E-state index contributed by atoms with van der Waals surface area (Å²) in [5.74, 6) is -1.11. The first-order valence-electron chi connectivity index (χ1n) is 10.6. The van der Waals surface area contributed by atoms with Crippen LogP contribution in [0.5, 0.6) is 0 Å². The summed E-state index contributed by atoms with van der Waals surface area (Å²) in [6.07, 6.45) is 0.378. The highest BCUT2D eigenvalue weighted by atomic mass is 32.2. The molecule has 9 heteroatoms. The molecule has 2 heterocycles. The standard InChI is InChI=1S/C22H31N3O5S/c1-22(2,3)18-6-4-16(5-7-18)20(27)23-14-19(26)24-9-11-25(12-10-24)21(28)17-8-13-31(29,30)15-17/h4-7,17H,8-15H2,1-3H3,(H,23,27)/t17-/m1/s1. The van der Waals surface area contributed by atoms with Crippen LogP contribution in [-0.4, -0.2) is 80.2 Å². The van der Waals surface area contributed by atoms with Crippen LogP contribution >= 0.6 is 0 Å². The molecule has 3 rings (SSSR count). The quantitative estimate of drug-likeness (QED) is 0.733. The van der Waals surface area contributed by atoms with Crippen LogP contribution in [0, 0.1) is 5.92 Å². The fraction of sp³-hybridized carbons (Fsp3) is 0.591. The summed E-state index contributed by atoms with van der Waals surface area (Å²) < 4.78 is 23.2. The molecule has 0 saturated carbocycles. The van der Waals surface area contributed by atoms with Crippen LogP contribution in [0.15, 0.2) is 24.3 Å². The largest absolute Gasteiger partial charge is 0.343 e. The van der Waals surface area contributed by atoms with Crippen molar-refractivity contribution in [3.05, 3.63) is 35.4 Å². The molecular weight excluding hydrogens is 418 g/mol. The van der Waals surface area contributed by atoms with Crippen molar-refractivity contribution in [2.45, 2.75) is 32.6 Å². The maximum absolute atomic E-state index is 12.5. The van der Waals surface area contributed by atoms with Crippen LogP contribution in [0.2, 0.25) is 0 Å². The first-order chi connectivity index (χ1) is 14.5. The van der Waals surface area contributed by atoms with E-state index in [-0.39, 0.29) is 41.2 Å². The smallest absolute Gasteiger partial charge is 0.251 e. The predicted octanol–water partition coefficient (Wildman–Crippen LogP) is 0.819. The number of sulfone groups is 1. The molecular formula is C22H31N3O5S. The number of nitrogens with one attached hydrogen (secondary N) is 1. The van der Waals surface area contributed by atoms with Crippen molar-refractivity contribution >= 4 is 27.6 Å². The highest BCUT2D eigenvalue weighted by Gasteiger charge is 2.36. The minimum Gasteiger partial charge on any atom is -0.343 e. The van der Waals surface area contributed by atoms with Gasteiger partial charge in [-0.15, -0.1) is 0 Å². The number of carbonyl (C=O) groups excluding carboxylic acids is 3. The third kappa shape index (κ3) is 5.84. The summed E-state index contributed by atoms with van der Waals surface area (Å²) in [5.41, 5.74) is 1.63. The Morgan fingerprint density at radius 1 is 1.00 bits per heavy atom. The number of amides is 3. The molecule has 1 N–H and O–H groups in total. The summed E-state index contributed by atoms with van der Waals surface area (Å²) in [5, 5.41) is 2.66. The lowest BCUT2D eigenvalue weighted by molar-refractivity contribution is -0.141. The van der Waals surface area contributed by atoms with Gasteiger partial charge in [-0.1, -0.05) is 32.9 Å². The van der Waals surface area contributed by atoms with Crippen molar-refractivity contribution in [3.8, 4) is 0 Å². The van der Waals surface area contributed by atoms with Gasteiger partial charge >= 0.3 is 0 Å². The van der Waals surface area contributed by atoms with Gasteiger partial charge in [0.05, 0.1) is 24.0 Å². The molecule has 0 aromatic heterocycles. The number of carbonyl (C=O) groups is 3. The number of nitrogens with zero attached hydrogens (tertiary/aromatic N) is 2. The molecule has 0 spiro atoms. The first-order valence-corrected chi connectivity index (χ1v) is 12.4. The highest BCUT2D eigenvalue weighted by Crippen LogP contribution is 2.23. The van der Waals surface area contributed by atoms with Gasteiger partial charge in [-0.3, -0.25) is 14.4 Å². The average molecular weight is 450 g/mol. The van der Waals surface area contributed by atoms with Crippen molar-refractivity contribution in [2.75, 3.05) is 44.2 Å². The zero-order chi connectivity index (χ0) is 22.8. The summed E-state index contributed by atoms with van der Waals surface area (Å²) >= 11 is 0. The second kappa shape index (κ2) is 8.98. The average Bonchev–Trinajstić information content (AvgIpc) is 3.10. The molecule has 1 aromatic rings. The Morgan fingerprint density at radius 2 is 1.58 bits per heavy atom. The minimum absolute atomic E-state index is 0.000516. The molecule has 170 valence electrons. The SMILES string of the molecule is CC(C)(C)c1ccc(C(=O)NCC(=O)N2CCN(C(=O)[C@@H]3CCS(=O)(=O)C3)CC2)cc1. The van der Waals surface area contributed by atoms with Crippen LogP contribution in [0.4, 0.5) is 0 Å². The van der Waals surface area contributed by atoms with E-state index in [1.807, 2.05) is 12.1 Å². The Morgan fingerprint density at radius 3 is 2.10 bits per heavy atom. The van der Waals surface area contributed by atoms with E-state index in [9.17, 15) is 22.8 Å². The fourth-order valence-corrected chi connectivity index (χ4v) is 5.65. The second-order valence-corrected chi connectivity index (χ2v) is 11.5. The predicted molar refractivity (Wildman–Crippen MR) is 117 cm³/mol. The van der Waals surface area contributed by atoms with Crippen molar-refractivity contribution in [2.24, 2.45) is 5.92 Å². The monoisotopic (exact) mass is 449 g/mol. The number of benzene rings is 1. The molecule has 2 saturated heterocycles. The van der Waals surface area contributed by atoms with Crippen molar-refractivity contribution in [3.63, 3.8) is 0 Å². The van der Waals surface area contributed by atoms with Gasteiger partial charge in [-0.25, -0.2) is 8.42 Å². The van der Waals surface area contributed by atoms with E-state index in [0.29, 0.717) is 38.2 Å². The van der Waals surface area contributed by atoms with Gasteiger partial charge in [-0.05, 0) is 29.5 Å². The first kappa shape index (κ1) is 23.2. The molecule has 2 aliphatic rings. The summed E-state index contributed by atoms with van der Waals surface area (Å²) in [6, 6.07) is 7.35. The maximum Gasteiger partial charge on any atom is 0.251 e. The molecule has 31 heavy (non-hydrogen) atoms. The van der Waals surface area contributed by atoms with Crippen molar-refractivity contribution in [1.82, 2.24) is 15.1 Å². The number of piperazine rings is 1. The van der Waals surface area contributed by atoms with Crippen LogP contribution < -0.4 is 5.32 Å². The van der Waals surface area contributed by atoms with Crippen molar-refractivity contribution in [1.29, 1.82) is 0 Å². The molecule has 0 unspecified atom stereocenters. The van der Waals surface area contributed by atoms with Crippen LogP contribution in [0.1, 0.15) is 43.1 Å². The number of rotatable bonds is 4. The van der Waals surface area contributed by atoms with E-state index in [1.54, 1.807) is 21.9 Å². The van der Waals surface area contributed by atoms with Gasteiger partial charge in [0.1, 0.15) is 0 Å². The van der Waals surface area contributed by atoms with Crippen LogP contribution in [0.25, 0.3) is 0 Å². The Kier molecular flexibility index (Phi) is 6.73. The lowest BCUT2D eigenvalue weighted by Gasteiger charge is -2.35. The summed E-state index contributed by atoms with van der Waals surface area (Å²) in [6.45, 7) is 7.71. The van der Waals surface area contributed by atoms with E-state index in [4.69, 9.17) is 0 Å². The lowest BCUT2D eigenvalue weighted by Crippen LogP contribution is -2.53. The zero-order valence-corrected chi connectivity index (χ0v) is 19.2. The van der Waals surface area contributed by atoms with Crippen LogP contribution in [0.3, 0.4) is 0 Å². The van der Waals surface area contributed by atoms with Gasteiger partial charge in [0.25, 0.3) is 5.91 Å². The third-order valence-electron chi connectivity index (χ3n) is 5.94. The molecule has 3 amide bonds. The van der Waals surface area contributed by atoms with Gasteiger partial charge in [0.2, 0.25) is 11.8 Å². The van der Waals surface area contributed by atoms with Gasteiger partial charge < -0.3 is 15.1 Å². The lowest BCUT2D eigenvalue weighted by atomic mass is 9.87. The van der Waals surface area contributed by atoms with Gasteiger partial charge in [0, 0.05) is 31.7 Å². The van der Waals surface area contributed by atoms with E-state index in [2.05, 4.69) is 26.1 Å². The zero-order valence-electron chi connectivity index (χ0n) is 18.4. The summed E-state index contributed by atoms with van der Waals surface area (Å²) in [7, 11) is -3.10. The maximum atomic E-state index is 12.5. The van der Waals surface area contributed by atoms with Gasteiger partial charge in [0.15, 0.2) is 9.84 Å². The molecule has 1 atom stereocenters. The molecule has 0 radical (unpaired) electrons. The third-order valence-corrected chi connectivity index (χ3v) is 7.71. The fourth-order valence-electron chi connectivity index (χ4n) is 3.92. The van der Waals surface area contributed by atoms with E-state index >= 15 is 0 Å². The van der Waals surface area contributed by atoms with Gasteiger partial charge in [-0.2, -0.15) is 0 Å². The van der Waals surface area contributed by atoms with E-state index in [0.717, 1.165) is 5.56 Å². The molecule has 8 nitrogen and oxygen atoms in total. The van der Waals surface area contributed by atoms with E-state index in [1.165, 1.54) is 0 Å². The molecule has 1 aromatic carbocycles. The Labute approximate surface area is 183 Å². The molecule has 0 bridgehead atoms. The topological polar surface area (TPSA) is 104 Å². The number of hydrogen-bond donors (Lipinski definition) is 1. The normalized spacial score (nSPS) is 21.1. The molecule has 2 fully saturated rings. The Balaban J connectivity index is 1.45. The van der Waals surface area contributed by atoms with Crippen molar-refractivity contribution < 1.29 is 22.8 Å². The van der Waals surface area contributed by atoms with E-state index < -0.39 is 15.8 Å². The van der Waals surface area contributed by atoms with Crippen LogP contribution in [-0.2, 0) is 24.8 Å². The minimum atomic E-state index is -3.10. The number of hydrogen-bond acceptors (Lipinski definition) is 5. The second-order valence-electron chi connectivity index (χ2n) is 9.32. The summed E-state index contributed by atoms with van der Waals surface area (Å²) in [4.78, 5) is 40.6. The Bertz CT molecular complexity index is 942.